The predicted octanol–water partition coefficient (Wildman–Crippen LogP) is 13.0. The number of fused-ring (bicyclic) bond motifs is 7. The molecule has 10 rings (SSSR count). The molecule has 2 heterocycles. The number of benzene rings is 8. The van der Waals surface area contributed by atoms with Crippen LogP contribution >= 0.6 is 0 Å². The molecule has 3 heteroatoms. The molecule has 49 heavy (non-hydrogen) atoms. The van der Waals surface area contributed by atoms with Crippen molar-refractivity contribution in [1.82, 2.24) is 4.57 Å². The zero-order valence-electron chi connectivity index (χ0n) is 26.6. The minimum absolute atomic E-state index is 0.924. The largest absolute Gasteiger partial charge is 0.456 e. The molecule has 8 aromatic carbocycles. The number of rotatable bonds is 5. The highest BCUT2D eigenvalue weighted by molar-refractivity contribution is 6.11. The third kappa shape index (κ3) is 4.51. The van der Waals surface area contributed by atoms with E-state index in [1.807, 2.05) is 12.1 Å². The smallest absolute Gasteiger partial charge is 0.136 e. The molecular weight excluding hydrogens is 597 g/mol. The SMILES string of the molecule is c1ccc(N(c2ccc(-c3ccc4cc5oc6ccccc6c5cc4c3)cc2)c2ccc3c(c2)c2ccccc2n3-c2ccccc2)cc1. The van der Waals surface area contributed by atoms with E-state index in [4.69, 9.17) is 4.42 Å². The summed E-state index contributed by atoms with van der Waals surface area (Å²) in [7, 11) is 0. The van der Waals surface area contributed by atoms with Crippen molar-refractivity contribution in [3.05, 3.63) is 182 Å². The fourth-order valence-electron chi connectivity index (χ4n) is 7.43. The number of para-hydroxylation sites is 4. The van der Waals surface area contributed by atoms with Crippen LogP contribution in [0.2, 0.25) is 0 Å². The maximum Gasteiger partial charge on any atom is 0.136 e. The fraction of sp³-hybridized carbons (Fsp3) is 0. The molecule has 0 saturated carbocycles. The van der Waals surface area contributed by atoms with Crippen LogP contribution in [0, 0.1) is 0 Å². The van der Waals surface area contributed by atoms with Gasteiger partial charge >= 0.3 is 0 Å². The second-order valence-electron chi connectivity index (χ2n) is 12.6. The van der Waals surface area contributed by atoms with Crippen molar-refractivity contribution < 1.29 is 4.42 Å². The van der Waals surface area contributed by atoms with Gasteiger partial charge in [0, 0.05) is 44.3 Å². The van der Waals surface area contributed by atoms with Crippen molar-refractivity contribution >= 4 is 71.6 Å². The number of anilines is 3. The van der Waals surface area contributed by atoms with E-state index in [1.54, 1.807) is 0 Å². The molecular formula is C46H30N2O. The van der Waals surface area contributed by atoms with Crippen LogP contribution in [0.5, 0.6) is 0 Å². The average molecular weight is 627 g/mol. The van der Waals surface area contributed by atoms with Crippen molar-refractivity contribution in [3.8, 4) is 16.8 Å². The Kier molecular flexibility index (Phi) is 6.18. The first-order valence-electron chi connectivity index (χ1n) is 16.7. The van der Waals surface area contributed by atoms with Crippen LogP contribution in [0.25, 0.3) is 71.3 Å². The molecule has 0 radical (unpaired) electrons. The van der Waals surface area contributed by atoms with E-state index in [2.05, 4.69) is 179 Å². The van der Waals surface area contributed by atoms with E-state index in [-0.39, 0.29) is 0 Å². The molecule has 0 spiro atoms. The standard InChI is InChI=1S/C46H30N2O/c1-3-11-35(12-4-1)47(38-25-26-44-41(30-38)39-15-7-9-17-43(39)48(44)36-13-5-2-6-14-36)37-23-21-31(22-24-37)32-19-20-33-29-46-42(28-34(33)27-32)40-16-8-10-18-45(40)49-46/h1-30H. The molecule has 3 nitrogen and oxygen atoms in total. The predicted molar refractivity (Wildman–Crippen MR) is 206 cm³/mol. The van der Waals surface area contributed by atoms with E-state index in [0.717, 1.165) is 44.7 Å². The normalized spacial score (nSPS) is 11.7. The highest BCUT2D eigenvalue weighted by Gasteiger charge is 2.17. The minimum atomic E-state index is 0.924. The molecule has 230 valence electrons. The summed E-state index contributed by atoms with van der Waals surface area (Å²) in [5, 5.41) is 7.14. The lowest BCUT2D eigenvalue weighted by Crippen LogP contribution is -2.09. The van der Waals surface area contributed by atoms with Gasteiger partial charge in [-0.15, -0.1) is 0 Å². The number of nitrogens with zero attached hydrogens (tertiary/aromatic N) is 2. The molecule has 0 saturated heterocycles. The van der Waals surface area contributed by atoms with Gasteiger partial charge < -0.3 is 13.9 Å². The van der Waals surface area contributed by atoms with Crippen molar-refractivity contribution in [1.29, 1.82) is 0 Å². The van der Waals surface area contributed by atoms with Crippen LogP contribution in [0.3, 0.4) is 0 Å². The van der Waals surface area contributed by atoms with E-state index in [1.165, 1.54) is 43.7 Å². The molecule has 2 aromatic heterocycles. The van der Waals surface area contributed by atoms with Crippen molar-refractivity contribution in [3.63, 3.8) is 0 Å². The topological polar surface area (TPSA) is 21.3 Å². The zero-order chi connectivity index (χ0) is 32.3. The maximum atomic E-state index is 6.14. The first kappa shape index (κ1) is 27.5. The number of furan rings is 1. The highest BCUT2D eigenvalue weighted by Crippen LogP contribution is 2.40. The molecule has 0 aliphatic rings. The lowest BCUT2D eigenvalue weighted by Gasteiger charge is -2.26. The van der Waals surface area contributed by atoms with Gasteiger partial charge in [-0.05, 0) is 107 Å². The molecule has 0 aliphatic carbocycles. The second-order valence-corrected chi connectivity index (χ2v) is 12.6. The van der Waals surface area contributed by atoms with Crippen molar-refractivity contribution in [2.45, 2.75) is 0 Å². The van der Waals surface area contributed by atoms with E-state index < -0.39 is 0 Å². The summed E-state index contributed by atoms with van der Waals surface area (Å²) in [4.78, 5) is 2.35. The van der Waals surface area contributed by atoms with Gasteiger partial charge in [0.1, 0.15) is 11.2 Å². The zero-order valence-corrected chi connectivity index (χ0v) is 26.6. The Hall–Kier alpha value is -6.58. The van der Waals surface area contributed by atoms with Crippen LogP contribution in [0.4, 0.5) is 17.1 Å². The second kappa shape index (κ2) is 11.0. The molecule has 0 unspecified atom stereocenters. The van der Waals surface area contributed by atoms with E-state index in [0.29, 0.717) is 0 Å². The van der Waals surface area contributed by atoms with Crippen LogP contribution in [-0.4, -0.2) is 4.57 Å². The number of hydrogen-bond acceptors (Lipinski definition) is 2. The molecule has 0 aliphatic heterocycles. The Morgan fingerprint density at radius 2 is 1.02 bits per heavy atom. The first-order chi connectivity index (χ1) is 24.3. The van der Waals surface area contributed by atoms with E-state index in [9.17, 15) is 0 Å². The summed E-state index contributed by atoms with van der Waals surface area (Å²) >= 11 is 0. The number of aromatic nitrogens is 1. The summed E-state index contributed by atoms with van der Waals surface area (Å²) in [6, 6.07) is 65.1. The van der Waals surface area contributed by atoms with Gasteiger partial charge in [0.25, 0.3) is 0 Å². The monoisotopic (exact) mass is 626 g/mol. The van der Waals surface area contributed by atoms with Gasteiger partial charge in [-0.1, -0.05) is 97.1 Å². The third-order valence-corrected chi connectivity index (χ3v) is 9.74. The van der Waals surface area contributed by atoms with Crippen molar-refractivity contribution in [2.75, 3.05) is 4.90 Å². The van der Waals surface area contributed by atoms with Crippen LogP contribution in [0.15, 0.2) is 186 Å². The van der Waals surface area contributed by atoms with Crippen LogP contribution in [0.1, 0.15) is 0 Å². The summed E-state index contributed by atoms with van der Waals surface area (Å²) in [5.74, 6) is 0. The Morgan fingerprint density at radius 1 is 0.367 bits per heavy atom. The van der Waals surface area contributed by atoms with Crippen LogP contribution in [-0.2, 0) is 0 Å². The molecule has 0 N–H and O–H groups in total. The van der Waals surface area contributed by atoms with Gasteiger partial charge in [0.2, 0.25) is 0 Å². The molecule has 10 aromatic rings. The maximum absolute atomic E-state index is 6.14. The Labute approximate surface area is 283 Å². The van der Waals surface area contributed by atoms with Crippen molar-refractivity contribution in [2.24, 2.45) is 0 Å². The molecule has 0 fully saturated rings. The lowest BCUT2D eigenvalue weighted by atomic mass is 9.99. The van der Waals surface area contributed by atoms with Gasteiger partial charge in [-0.25, -0.2) is 0 Å². The van der Waals surface area contributed by atoms with Gasteiger partial charge in [0.05, 0.1) is 11.0 Å². The lowest BCUT2D eigenvalue weighted by molar-refractivity contribution is 0.669. The molecule has 0 bridgehead atoms. The van der Waals surface area contributed by atoms with Gasteiger partial charge in [-0.3, -0.25) is 0 Å². The molecule has 0 amide bonds. The van der Waals surface area contributed by atoms with Crippen LogP contribution < -0.4 is 4.90 Å². The summed E-state index contributed by atoms with van der Waals surface area (Å²) < 4.78 is 8.51. The summed E-state index contributed by atoms with van der Waals surface area (Å²) in [6.07, 6.45) is 0. The third-order valence-electron chi connectivity index (χ3n) is 9.74. The Morgan fingerprint density at radius 3 is 1.86 bits per heavy atom. The van der Waals surface area contributed by atoms with Gasteiger partial charge in [0.15, 0.2) is 0 Å². The Balaban J connectivity index is 1.07. The summed E-state index contributed by atoms with van der Waals surface area (Å²) in [6.45, 7) is 0. The highest BCUT2D eigenvalue weighted by atomic mass is 16.3. The average Bonchev–Trinajstić information content (AvgIpc) is 3.70. The molecule has 0 atom stereocenters. The van der Waals surface area contributed by atoms with Gasteiger partial charge in [-0.2, -0.15) is 0 Å². The quantitative estimate of drug-likeness (QED) is 0.190. The summed E-state index contributed by atoms with van der Waals surface area (Å²) in [5.41, 5.74) is 11.1. The minimum Gasteiger partial charge on any atom is -0.456 e. The van der Waals surface area contributed by atoms with E-state index >= 15 is 0 Å². The Bertz CT molecular complexity index is 2810. The number of hydrogen-bond donors (Lipinski definition) is 0. The first-order valence-corrected chi connectivity index (χ1v) is 16.7. The fourth-order valence-corrected chi connectivity index (χ4v) is 7.43.